The van der Waals surface area contributed by atoms with Gasteiger partial charge in [-0.2, -0.15) is 13.2 Å². The van der Waals surface area contributed by atoms with E-state index in [1.54, 1.807) is 34.6 Å². The van der Waals surface area contributed by atoms with Crippen molar-refractivity contribution in [3.63, 3.8) is 0 Å². The van der Waals surface area contributed by atoms with Gasteiger partial charge < -0.3 is 14.8 Å². The monoisotopic (exact) mass is 375 g/mol. The third kappa shape index (κ3) is 7.76. The van der Waals surface area contributed by atoms with Gasteiger partial charge in [0, 0.05) is 6.42 Å². The number of carbonyl (C=O) groups is 2. The number of alkyl carbamates (subject to hydrolysis) is 1. The third-order valence-electron chi connectivity index (χ3n) is 3.02. The van der Waals surface area contributed by atoms with Gasteiger partial charge in [-0.1, -0.05) is 18.2 Å². The summed E-state index contributed by atoms with van der Waals surface area (Å²) in [6, 6.07) is 3.40. The number of rotatable bonds is 5. The molecule has 5 nitrogen and oxygen atoms in total. The molecular formula is C18H24F3NO4. The van der Waals surface area contributed by atoms with E-state index < -0.39 is 41.5 Å². The van der Waals surface area contributed by atoms with Crippen molar-refractivity contribution in [1.82, 2.24) is 5.32 Å². The lowest BCUT2D eigenvalue weighted by molar-refractivity contribution is -0.149. The first-order valence-electron chi connectivity index (χ1n) is 8.14. The van der Waals surface area contributed by atoms with Crippen LogP contribution in [0.1, 0.15) is 45.7 Å². The maximum atomic E-state index is 12.9. The number of benzene rings is 1. The van der Waals surface area contributed by atoms with Gasteiger partial charge in [-0.3, -0.25) is 0 Å². The molecule has 0 aliphatic rings. The number of alkyl halides is 3. The molecule has 8 heteroatoms. The highest BCUT2D eigenvalue weighted by atomic mass is 19.4. The minimum atomic E-state index is -4.50. The molecular weight excluding hydrogens is 351 g/mol. The average Bonchev–Trinajstić information content (AvgIpc) is 2.43. The molecule has 1 N–H and O–H groups in total. The van der Waals surface area contributed by atoms with Crippen LogP contribution in [0.5, 0.6) is 0 Å². The summed E-state index contributed by atoms with van der Waals surface area (Å²) in [4.78, 5) is 24.2. The topological polar surface area (TPSA) is 64.6 Å². The lowest BCUT2D eigenvalue weighted by Gasteiger charge is -2.23. The van der Waals surface area contributed by atoms with Crippen LogP contribution >= 0.6 is 0 Å². The number of carbonyl (C=O) groups excluding carboxylic acids is 2. The highest BCUT2D eigenvalue weighted by Gasteiger charge is 2.31. The fourth-order valence-corrected chi connectivity index (χ4v) is 2.07. The largest absolute Gasteiger partial charge is 0.461 e. The first-order valence-corrected chi connectivity index (χ1v) is 8.14. The quantitative estimate of drug-likeness (QED) is 0.787. The molecule has 1 aromatic rings. The van der Waals surface area contributed by atoms with Crippen molar-refractivity contribution in [3.8, 4) is 0 Å². The van der Waals surface area contributed by atoms with Gasteiger partial charge in [0.05, 0.1) is 11.7 Å². The molecule has 1 amide bonds. The van der Waals surface area contributed by atoms with Crippen LogP contribution in [-0.2, 0) is 26.9 Å². The normalized spacial score (nSPS) is 13.3. The van der Waals surface area contributed by atoms with Gasteiger partial charge in [0.25, 0.3) is 0 Å². The summed E-state index contributed by atoms with van der Waals surface area (Å²) < 4.78 is 48.7. The Kier molecular flexibility index (Phi) is 7.06. The Balaban J connectivity index is 2.98. The maximum absolute atomic E-state index is 12.9. The molecule has 1 atom stereocenters. The van der Waals surface area contributed by atoms with Crippen LogP contribution in [0.25, 0.3) is 0 Å². The molecule has 26 heavy (non-hydrogen) atoms. The van der Waals surface area contributed by atoms with Crippen molar-refractivity contribution in [2.75, 3.05) is 0 Å². The lowest BCUT2D eigenvalue weighted by Crippen LogP contribution is -2.46. The van der Waals surface area contributed by atoms with Gasteiger partial charge >= 0.3 is 18.2 Å². The van der Waals surface area contributed by atoms with E-state index in [-0.39, 0.29) is 12.0 Å². The molecule has 0 unspecified atom stereocenters. The van der Waals surface area contributed by atoms with E-state index in [0.29, 0.717) is 0 Å². The van der Waals surface area contributed by atoms with Crippen LogP contribution in [0.4, 0.5) is 18.0 Å². The fraction of sp³-hybridized carbons (Fsp3) is 0.556. The lowest BCUT2D eigenvalue weighted by atomic mass is 10.0. The first kappa shape index (κ1) is 21.8. The molecule has 0 heterocycles. The highest BCUT2D eigenvalue weighted by Crippen LogP contribution is 2.29. The Morgan fingerprint density at radius 3 is 2.27 bits per heavy atom. The predicted octanol–water partition coefficient (Wildman–Crippen LogP) is 4.09. The second-order valence-corrected chi connectivity index (χ2v) is 7.09. The zero-order valence-electron chi connectivity index (χ0n) is 15.4. The van der Waals surface area contributed by atoms with Crippen molar-refractivity contribution in [2.45, 2.75) is 65.0 Å². The third-order valence-corrected chi connectivity index (χ3v) is 3.02. The summed E-state index contributed by atoms with van der Waals surface area (Å²) in [5, 5.41) is 2.37. The van der Waals surface area contributed by atoms with Crippen molar-refractivity contribution in [1.29, 1.82) is 0 Å². The number of amides is 1. The second kappa shape index (κ2) is 8.42. The Morgan fingerprint density at radius 2 is 1.77 bits per heavy atom. The smallest absolute Gasteiger partial charge is 0.416 e. The SMILES string of the molecule is CC(C)OC(=O)[C@@H](Cc1cccc(C(F)(F)F)c1)NC(=O)OC(C)(C)C. The van der Waals surface area contributed by atoms with Crippen molar-refractivity contribution in [2.24, 2.45) is 0 Å². The summed E-state index contributed by atoms with van der Waals surface area (Å²) in [6.07, 6.45) is -5.95. The number of hydrogen-bond donors (Lipinski definition) is 1. The second-order valence-electron chi connectivity index (χ2n) is 7.09. The minimum absolute atomic E-state index is 0.158. The highest BCUT2D eigenvalue weighted by molar-refractivity contribution is 5.81. The van der Waals surface area contributed by atoms with E-state index in [1.165, 1.54) is 12.1 Å². The molecule has 0 aliphatic carbocycles. The Bertz CT molecular complexity index is 636. The average molecular weight is 375 g/mol. The molecule has 0 aromatic heterocycles. The van der Waals surface area contributed by atoms with Gasteiger partial charge in [-0.15, -0.1) is 0 Å². The molecule has 0 bridgehead atoms. The minimum Gasteiger partial charge on any atom is -0.461 e. The van der Waals surface area contributed by atoms with E-state index in [2.05, 4.69) is 5.32 Å². The van der Waals surface area contributed by atoms with Crippen LogP contribution in [0.3, 0.4) is 0 Å². The molecule has 0 aliphatic heterocycles. The van der Waals surface area contributed by atoms with E-state index in [0.717, 1.165) is 12.1 Å². The van der Waals surface area contributed by atoms with Crippen molar-refractivity contribution < 1.29 is 32.2 Å². The summed E-state index contributed by atoms with van der Waals surface area (Å²) in [6.45, 7) is 8.22. The first-order chi connectivity index (χ1) is 11.8. The standard InChI is InChI=1S/C18H24F3NO4/c1-11(2)25-15(23)14(22-16(24)26-17(3,4)5)10-12-7-6-8-13(9-12)18(19,20)21/h6-9,11,14H,10H2,1-5H3,(H,22,24)/t14-/m1/s1. The van der Waals surface area contributed by atoms with Crippen molar-refractivity contribution >= 4 is 12.1 Å². The van der Waals surface area contributed by atoms with Gasteiger partial charge in [-0.05, 0) is 46.2 Å². The molecule has 1 rings (SSSR count). The van der Waals surface area contributed by atoms with Crippen LogP contribution in [0.2, 0.25) is 0 Å². The summed E-state index contributed by atoms with van der Waals surface area (Å²) >= 11 is 0. The van der Waals surface area contributed by atoms with Gasteiger partial charge in [0.2, 0.25) is 0 Å². The van der Waals surface area contributed by atoms with Crippen molar-refractivity contribution in [3.05, 3.63) is 35.4 Å². The Morgan fingerprint density at radius 1 is 1.15 bits per heavy atom. The zero-order valence-corrected chi connectivity index (χ0v) is 15.4. The number of halogens is 3. The number of nitrogens with one attached hydrogen (secondary N) is 1. The molecule has 1 aromatic carbocycles. The summed E-state index contributed by atoms with van der Waals surface area (Å²) in [7, 11) is 0. The van der Waals surface area contributed by atoms with E-state index in [9.17, 15) is 22.8 Å². The van der Waals surface area contributed by atoms with Gasteiger partial charge in [0.1, 0.15) is 11.6 Å². The predicted molar refractivity (Wildman–Crippen MR) is 89.5 cm³/mol. The van der Waals surface area contributed by atoms with Gasteiger partial charge in [-0.25, -0.2) is 9.59 Å². The fourth-order valence-electron chi connectivity index (χ4n) is 2.07. The Hall–Kier alpha value is -2.25. The summed E-state index contributed by atoms with van der Waals surface area (Å²) in [5.41, 5.74) is -1.38. The number of ether oxygens (including phenoxy) is 2. The van der Waals surface area contributed by atoms with Crippen LogP contribution in [-0.4, -0.2) is 29.8 Å². The molecule has 0 spiro atoms. The molecule has 146 valence electrons. The van der Waals surface area contributed by atoms with E-state index in [1.807, 2.05) is 0 Å². The zero-order chi connectivity index (χ0) is 20.1. The molecule has 0 fully saturated rings. The molecule has 0 saturated heterocycles. The molecule has 0 saturated carbocycles. The van der Waals surface area contributed by atoms with Crippen LogP contribution < -0.4 is 5.32 Å². The Labute approximate surface area is 150 Å². The molecule has 0 radical (unpaired) electrons. The maximum Gasteiger partial charge on any atom is 0.416 e. The number of esters is 1. The van der Waals surface area contributed by atoms with Gasteiger partial charge in [0.15, 0.2) is 0 Å². The van der Waals surface area contributed by atoms with Crippen LogP contribution in [0, 0.1) is 0 Å². The van der Waals surface area contributed by atoms with E-state index in [4.69, 9.17) is 9.47 Å². The van der Waals surface area contributed by atoms with Crippen LogP contribution in [0.15, 0.2) is 24.3 Å². The number of hydrogen-bond acceptors (Lipinski definition) is 4. The van der Waals surface area contributed by atoms with E-state index >= 15 is 0 Å². The summed E-state index contributed by atoms with van der Waals surface area (Å²) in [5.74, 6) is -0.747.